The highest BCUT2D eigenvalue weighted by Crippen LogP contribution is 2.25. The molecule has 24 heavy (non-hydrogen) atoms. The molecule has 9 heteroatoms. The Morgan fingerprint density at radius 3 is 2.46 bits per heavy atom. The van der Waals surface area contributed by atoms with Crippen molar-refractivity contribution < 1.29 is 23.1 Å². The molecular weight excluding hydrogens is 356 g/mol. The lowest BCUT2D eigenvalue weighted by Crippen LogP contribution is -2.42. The molecule has 1 aromatic rings. The number of amides is 1. The van der Waals surface area contributed by atoms with E-state index < -0.39 is 27.8 Å². The zero-order valence-electron chi connectivity index (χ0n) is 13.1. The minimum Gasteiger partial charge on any atom is -0.481 e. The zero-order chi connectivity index (χ0) is 17.9. The monoisotopic (exact) mass is 374 g/mol. The van der Waals surface area contributed by atoms with Gasteiger partial charge in [-0.3, -0.25) is 9.59 Å². The second-order valence-corrected chi connectivity index (χ2v) is 8.31. The molecule has 1 fully saturated rings. The second-order valence-electron chi connectivity index (χ2n) is 5.83. The van der Waals surface area contributed by atoms with Crippen molar-refractivity contribution in [1.29, 1.82) is 0 Å². The summed E-state index contributed by atoms with van der Waals surface area (Å²) in [4.78, 5) is 23.0. The molecule has 2 N–H and O–H groups in total. The molecule has 0 aliphatic heterocycles. The quantitative estimate of drug-likeness (QED) is 0.781. The van der Waals surface area contributed by atoms with E-state index in [-0.39, 0.29) is 17.5 Å². The highest BCUT2D eigenvalue weighted by Gasteiger charge is 2.31. The van der Waals surface area contributed by atoms with Gasteiger partial charge in [-0.1, -0.05) is 11.6 Å². The first-order valence-corrected chi connectivity index (χ1v) is 9.26. The van der Waals surface area contributed by atoms with E-state index in [2.05, 4.69) is 5.32 Å². The van der Waals surface area contributed by atoms with E-state index in [4.69, 9.17) is 16.7 Å². The maximum absolute atomic E-state index is 12.4. The van der Waals surface area contributed by atoms with E-state index in [0.29, 0.717) is 24.3 Å². The molecule has 2 atom stereocenters. The fourth-order valence-corrected chi connectivity index (χ4v) is 3.94. The summed E-state index contributed by atoms with van der Waals surface area (Å²) in [5.74, 6) is -1.77. The predicted molar refractivity (Wildman–Crippen MR) is 88.2 cm³/mol. The number of carboxylic acid groups (broad SMARTS) is 1. The molecule has 0 radical (unpaired) electrons. The maximum Gasteiger partial charge on any atom is 0.306 e. The van der Waals surface area contributed by atoms with Crippen molar-refractivity contribution in [3.05, 3.63) is 29.3 Å². The Morgan fingerprint density at radius 1 is 1.29 bits per heavy atom. The van der Waals surface area contributed by atoms with Crippen LogP contribution in [0.25, 0.3) is 0 Å². The van der Waals surface area contributed by atoms with E-state index >= 15 is 0 Å². The van der Waals surface area contributed by atoms with Gasteiger partial charge >= 0.3 is 5.97 Å². The molecule has 0 heterocycles. The number of carbonyl (C=O) groups excluding carboxylic acids is 1. The molecule has 0 aromatic heterocycles. The molecule has 1 aliphatic carbocycles. The average Bonchev–Trinajstić information content (AvgIpc) is 2.96. The van der Waals surface area contributed by atoms with E-state index in [9.17, 15) is 18.0 Å². The lowest BCUT2D eigenvalue weighted by molar-refractivity contribution is -0.141. The van der Waals surface area contributed by atoms with E-state index in [1.807, 2.05) is 0 Å². The van der Waals surface area contributed by atoms with Crippen molar-refractivity contribution in [3.8, 4) is 0 Å². The van der Waals surface area contributed by atoms with Gasteiger partial charge in [-0.15, -0.1) is 0 Å². The minimum atomic E-state index is -3.79. The van der Waals surface area contributed by atoms with Gasteiger partial charge < -0.3 is 10.4 Å². The number of benzene rings is 1. The molecule has 0 spiro atoms. The Bertz CT molecular complexity index is 720. The first kappa shape index (κ1) is 18.7. The largest absolute Gasteiger partial charge is 0.481 e. The van der Waals surface area contributed by atoms with Gasteiger partial charge in [-0.2, -0.15) is 4.31 Å². The normalized spacial score (nSPS) is 21.0. The topological polar surface area (TPSA) is 104 Å². The van der Waals surface area contributed by atoms with Crippen LogP contribution in [-0.4, -0.2) is 49.3 Å². The van der Waals surface area contributed by atoms with Crippen molar-refractivity contribution in [1.82, 2.24) is 9.62 Å². The summed E-state index contributed by atoms with van der Waals surface area (Å²) in [5, 5.41) is 12.1. The number of aliphatic carboxylic acids is 1. The maximum atomic E-state index is 12.4. The zero-order valence-corrected chi connectivity index (χ0v) is 14.7. The van der Waals surface area contributed by atoms with Gasteiger partial charge in [0, 0.05) is 18.1 Å². The summed E-state index contributed by atoms with van der Waals surface area (Å²) >= 11 is 5.74. The number of carbonyl (C=O) groups is 2. The van der Waals surface area contributed by atoms with Crippen molar-refractivity contribution in [3.63, 3.8) is 0 Å². The third kappa shape index (κ3) is 4.46. The molecule has 1 aromatic carbocycles. The summed E-state index contributed by atoms with van der Waals surface area (Å²) in [6.45, 7) is -0.334. The SMILES string of the molecule is CN(CC(=O)N[C@H]1CC[C@@H](C(=O)O)C1)S(=O)(=O)c1ccc(Cl)cc1. The van der Waals surface area contributed by atoms with Gasteiger partial charge in [-0.05, 0) is 43.5 Å². The van der Waals surface area contributed by atoms with Crippen LogP contribution in [0.3, 0.4) is 0 Å². The number of hydrogen-bond acceptors (Lipinski definition) is 4. The number of sulfonamides is 1. The number of nitrogens with one attached hydrogen (secondary N) is 1. The summed E-state index contributed by atoms with van der Waals surface area (Å²) in [7, 11) is -2.47. The standard InChI is InChI=1S/C15H19ClN2O5S/c1-18(24(22,23)13-6-3-11(16)4-7-13)9-14(19)17-12-5-2-10(8-12)15(20)21/h3-4,6-7,10,12H,2,5,8-9H2,1H3,(H,17,19)(H,20,21)/t10-,12+/m1/s1. The van der Waals surface area contributed by atoms with Crippen LogP contribution in [0.2, 0.25) is 5.02 Å². The Labute approximate surface area is 145 Å². The third-order valence-electron chi connectivity index (χ3n) is 4.04. The predicted octanol–water partition coefficient (Wildman–Crippen LogP) is 1.33. The molecule has 7 nitrogen and oxygen atoms in total. The average molecular weight is 375 g/mol. The fourth-order valence-electron chi connectivity index (χ4n) is 2.68. The van der Waals surface area contributed by atoms with Gasteiger partial charge in [0.15, 0.2) is 0 Å². The minimum absolute atomic E-state index is 0.0500. The highest BCUT2D eigenvalue weighted by molar-refractivity contribution is 7.89. The Balaban J connectivity index is 1.94. The summed E-state index contributed by atoms with van der Waals surface area (Å²) < 4.78 is 25.7. The second kappa shape index (κ2) is 7.50. The number of likely N-dealkylation sites (N-methyl/N-ethyl adjacent to an activating group) is 1. The van der Waals surface area contributed by atoms with Gasteiger partial charge in [-0.25, -0.2) is 8.42 Å². The van der Waals surface area contributed by atoms with Gasteiger partial charge in [0.25, 0.3) is 0 Å². The molecule has 0 saturated heterocycles. The highest BCUT2D eigenvalue weighted by atomic mass is 35.5. The van der Waals surface area contributed by atoms with E-state index in [1.54, 1.807) is 0 Å². The van der Waals surface area contributed by atoms with E-state index in [0.717, 1.165) is 4.31 Å². The molecule has 1 saturated carbocycles. The van der Waals surface area contributed by atoms with Gasteiger partial charge in [0.2, 0.25) is 15.9 Å². The van der Waals surface area contributed by atoms with Crippen molar-refractivity contribution in [2.75, 3.05) is 13.6 Å². The van der Waals surface area contributed by atoms with Crippen LogP contribution in [-0.2, 0) is 19.6 Å². The molecule has 0 unspecified atom stereocenters. The molecule has 0 bridgehead atoms. The lowest BCUT2D eigenvalue weighted by atomic mass is 10.1. The lowest BCUT2D eigenvalue weighted by Gasteiger charge is -2.19. The van der Waals surface area contributed by atoms with Crippen molar-refractivity contribution >= 4 is 33.5 Å². The molecular formula is C15H19ClN2O5S. The summed E-state index contributed by atoms with van der Waals surface area (Å²) in [5.41, 5.74) is 0. The molecule has 1 amide bonds. The van der Waals surface area contributed by atoms with Crippen LogP contribution in [0.4, 0.5) is 0 Å². The smallest absolute Gasteiger partial charge is 0.306 e. The molecule has 132 valence electrons. The van der Waals surface area contributed by atoms with Crippen LogP contribution < -0.4 is 5.32 Å². The van der Waals surface area contributed by atoms with Crippen LogP contribution in [0, 0.1) is 5.92 Å². The van der Waals surface area contributed by atoms with Crippen LogP contribution >= 0.6 is 11.6 Å². The Hall–Kier alpha value is -1.64. The Morgan fingerprint density at radius 2 is 1.92 bits per heavy atom. The first-order valence-electron chi connectivity index (χ1n) is 7.44. The molecule has 1 aliphatic rings. The number of rotatable bonds is 6. The number of halogens is 1. The van der Waals surface area contributed by atoms with Gasteiger partial charge in [0.05, 0.1) is 17.4 Å². The third-order valence-corrected chi connectivity index (χ3v) is 6.10. The molecule has 2 rings (SSSR count). The summed E-state index contributed by atoms with van der Waals surface area (Å²) in [6, 6.07) is 5.45. The van der Waals surface area contributed by atoms with Gasteiger partial charge in [0.1, 0.15) is 0 Å². The number of nitrogens with zero attached hydrogens (tertiary/aromatic N) is 1. The van der Waals surface area contributed by atoms with Crippen LogP contribution in [0.5, 0.6) is 0 Å². The van der Waals surface area contributed by atoms with Crippen molar-refractivity contribution in [2.24, 2.45) is 5.92 Å². The van der Waals surface area contributed by atoms with E-state index in [1.165, 1.54) is 31.3 Å². The van der Waals surface area contributed by atoms with Crippen LogP contribution in [0.15, 0.2) is 29.2 Å². The number of hydrogen-bond donors (Lipinski definition) is 2. The summed E-state index contributed by atoms with van der Waals surface area (Å²) in [6.07, 6.45) is 1.46. The Kier molecular flexibility index (Phi) is 5.84. The number of carboxylic acids is 1. The van der Waals surface area contributed by atoms with Crippen molar-refractivity contribution in [2.45, 2.75) is 30.2 Å². The first-order chi connectivity index (χ1) is 11.2. The fraction of sp³-hybridized carbons (Fsp3) is 0.467. The van der Waals surface area contributed by atoms with Crippen LogP contribution in [0.1, 0.15) is 19.3 Å².